The first-order valence-electron chi connectivity index (χ1n) is 6.66. The van der Waals surface area contributed by atoms with E-state index in [2.05, 4.69) is 0 Å². The molecule has 0 N–H and O–H groups in total. The lowest BCUT2D eigenvalue weighted by Crippen LogP contribution is -2.23. The number of hydrogen-bond acceptors (Lipinski definition) is 4. The van der Waals surface area contributed by atoms with Crippen LogP contribution >= 0.6 is 11.3 Å². The number of hydrogen-bond donors (Lipinski definition) is 0. The number of rotatable bonds is 7. The SMILES string of the molecule is COc1ccc(CCN(C=O)c2sccc2C)cc1OC. The number of benzene rings is 1. The molecule has 5 heteroatoms. The monoisotopic (exact) mass is 305 g/mol. The van der Waals surface area contributed by atoms with Crippen molar-refractivity contribution >= 4 is 22.7 Å². The van der Waals surface area contributed by atoms with E-state index < -0.39 is 0 Å². The summed E-state index contributed by atoms with van der Waals surface area (Å²) < 4.78 is 10.5. The van der Waals surface area contributed by atoms with Gasteiger partial charge in [-0.15, -0.1) is 11.3 Å². The molecule has 0 spiro atoms. The fourth-order valence-electron chi connectivity index (χ4n) is 2.15. The molecular formula is C16H19NO3S. The molecule has 0 atom stereocenters. The summed E-state index contributed by atoms with van der Waals surface area (Å²) in [5, 5.41) is 3.00. The third-order valence-electron chi connectivity index (χ3n) is 3.31. The fourth-order valence-corrected chi connectivity index (χ4v) is 3.07. The average molecular weight is 305 g/mol. The van der Waals surface area contributed by atoms with E-state index in [1.165, 1.54) is 0 Å². The Bertz CT molecular complexity index is 609. The maximum absolute atomic E-state index is 11.3. The Hall–Kier alpha value is -2.01. The molecule has 0 saturated carbocycles. The van der Waals surface area contributed by atoms with Gasteiger partial charge in [-0.25, -0.2) is 0 Å². The molecular weight excluding hydrogens is 286 g/mol. The largest absolute Gasteiger partial charge is 0.493 e. The highest BCUT2D eigenvalue weighted by atomic mass is 32.1. The van der Waals surface area contributed by atoms with E-state index in [1.807, 2.05) is 36.6 Å². The van der Waals surface area contributed by atoms with Crippen molar-refractivity contribution in [2.75, 3.05) is 25.7 Å². The van der Waals surface area contributed by atoms with Gasteiger partial charge in [0.1, 0.15) is 5.00 Å². The maximum atomic E-state index is 11.3. The summed E-state index contributed by atoms with van der Waals surface area (Å²) in [6.07, 6.45) is 1.65. The molecule has 21 heavy (non-hydrogen) atoms. The van der Waals surface area contributed by atoms with Crippen LogP contribution in [0.2, 0.25) is 0 Å². The van der Waals surface area contributed by atoms with Crippen LogP contribution < -0.4 is 14.4 Å². The maximum Gasteiger partial charge on any atom is 0.214 e. The van der Waals surface area contributed by atoms with Crippen LogP contribution in [0.4, 0.5) is 5.00 Å². The average Bonchev–Trinajstić information content (AvgIpc) is 2.94. The van der Waals surface area contributed by atoms with Crippen molar-refractivity contribution in [3.05, 3.63) is 40.8 Å². The zero-order valence-electron chi connectivity index (χ0n) is 12.5. The summed E-state index contributed by atoms with van der Waals surface area (Å²) in [5.41, 5.74) is 2.23. The molecule has 2 rings (SSSR count). The standard InChI is InChI=1S/C16H19NO3S/c1-12-7-9-21-16(12)17(11-18)8-6-13-4-5-14(19-2)15(10-13)20-3/h4-5,7,9-11H,6,8H2,1-3H3. The lowest BCUT2D eigenvalue weighted by atomic mass is 10.1. The number of aryl methyl sites for hydroxylation is 1. The van der Waals surface area contributed by atoms with Gasteiger partial charge in [-0.1, -0.05) is 6.07 Å². The van der Waals surface area contributed by atoms with Gasteiger partial charge in [-0.2, -0.15) is 0 Å². The van der Waals surface area contributed by atoms with Gasteiger partial charge in [0.05, 0.1) is 14.2 Å². The van der Waals surface area contributed by atoms with Crippen molar-refractivity contribution in [3.8, 4) is 11.5 Å². The third kappa shape index (κ3) is 3.55. The molecule has 112 valence electrons. The number of ether oxygens (including phenoxy) is 2. The molecule has 0 bridgehead atoms. The van der Waals surface area contributed by atoms with Crippen LogP contribution in [0.25, 0.3) is 0 Å². The van der Waals surface area contributed by atoms with E-state index in [-0.39, 0.29) is 0 Å². The van der Waals surface area contributed by atoms with E-state index in [9.17, 15) is 4.79 Å². The first-order chi connectivity index (χ1) is 10.2. The minimum atomic E-state index is 0.639. The first-order valence-corrected chi connectivity index (χ1v) is 7.54. The second-order valence-corrected chi connectivity index (χ2v) is 5.54. The molecule has 0 unspecified atom stereocenters. The van der Waals surface area contributed by atoms with Crippen molar-refractivity contribution < 1.29 is 14.3 Å². The summed E-state index contributed by atoms with van der Waals surface area (Å²) in [6.45, 7) is 2.65. The molecule has 1 heterocycles. The molecule has 1 amide bonds. The Morgan fingerprint density at radius 3 is 2.52 bits per heavy atom. The summed E-state index contributed by atoms with van der Waals surface area (Å²) in [4.78, 5) is 13.0. The lowest BCUT2D eigenvalue weighted by molar-refractivity contribution is -0.107. The molecule has 0 radical (unpaired) electrons. The van der Waals surface area contributed by atoms with E-state index in [0.29, 0.717) is 18.0 Å². The smallest absolute Gasteiger partial charge is 0.214 e. The summed E-state index contributed by atoms with van der Waals surface area (Å²) >= 11 is 1.58. The molecule has 2 aromatic rings. The van der Waals surface area contributed by atoms with Gasteiger partial charge in [-0.05, 0) is 48.1 Å². The molecule has 0 saturated heterocycles. The second kappa shape index (κ2) is 7.13. The van der Waals surface area contributed by atoms with Crippen molar-refractivity contribution in [2.24, 2.45) is 0 Å². The molecule has 0 aliphatic rings. The highest BCUT2D eigenvalue weighted by Gasteiger charge is 2.11. The Balaban J connectivity index is 2.08. The van der Waals surface area contributed by atoms with Crippen LogP contribution in [0.3, 0.4) is 0 Å². The van der Waals surface area contributed by atoms with Crippen molar-refractivity contribution in [3.63, 3.8) is 0 Å². The Labute approximate surface area is 128 Å². The molecule has 0 aliphatic carbocycles. The molecule has 4 nitrogen and oxygen atoms in total. The van der Waals surface area contributed by atoms with E-state index >= 15 is 0 Å². The third-order valence-corrected chi connectivity index (χ3v) is 4.36. The predicted octanol–water partition coefficient (Wildman–Crippen LogP) is 3.28. The number of anilines is 1. The summed E-state index contributed by atoms with van der Waals surface area (Å²) in [5.74, 6) is 1.42. The number of thiophene rings is 1. The van der Waals surface area contributed by atoms with E-state index in [0.717, 1.165) is 29.0 Å². The minimum Gasteiger partial charge on any atom is -0.493 e. The predicted molar refractivity (Wildman–Crippen MR) is 85.7 cm³/mol. The van der Waals surface area contributed by atoms with Crippen LogP contribution in [0.15, 0.2) is 29.6 Å². The number of carbonyl (C=O) groups is 1. The normalized spacial score (nSPS) is 10.2. The van der Waals surface area contributed by atoms with Crippen LogP contribution in [0, 0.1) is 6.92 Å². The van der Waals surface area contributed by atoms with Gasteiger partial charge in [0, 0.05) is 6.54 Å². The Morgan fingerprint density at radius 1 is 1.19 bits per heavy atom. The van der Waals surface area contributed by atoms with Gasteiger partial charge < -0.3 is 14.4 Å². The number of carbonyl (C=O) groups excluding carboxylic acids is 1. The number of amides is 1. The summed E-state index contributed by atoms with van der Waals surface area (Å²) in [7, 11) is 3.24. The molecule has 1 aromatic carbocycles. The van der Waals surface area contributed by atoms with Crippen LogP contribution in [0.1, 0.15) is 11.1 Å². The zero-order valence-corrected chi connectivity index (χ0v) is 13.3. The van der Waals surface area contributed by atoms with Gasteiger partial charge in [0.15, 0.2) is 11.5 Å². The highest BCUT2D eigenvalue weighted by Crippen LogP contribution is 2.29. The van der Waals surface area contributed by atoms with Crippen LogP contribution in [-0.4, -0.2) is 27.2 Å². The molecule has 0 fully saturated rings. The quantitative estimate of drug-likeness (QED) is 0.737. The Morgan fingerprint density at radius 2 is 1.95 bits per heavy atom. The van der Waals surface area contributed by atoms with Crippen molar-refractivity contribution in [1.82, 2.24) is 0 Å². The van der Waals surface area contributed by atoms with Gasteiger partial charge >= 0.3 is 0 Å². The van der Waals surface area contributed by atoms with Crippen molar-refractivity contribution in [2.45, 2.75) is 13.3 Å². The number of nitrogens with zero attached hydrogens (tertiary/aromatic N) is 1. The minimum absolute atomic E-state index is 0.639. The van der Waals surface area contributed by atoms with Gasteiger partial charge in [0.2, 0.25) is 6.41 Å². The topological polar surface area (TPSA) is 38.8 Å². The van der Waals surface area contributed by atoms with Crippen molar-refractivity contribution in [1.29, 1.82) is 0 Å². The first kappa shape index (κ1) is 15.4. The highest BCUT2D eigenvalue weighted by molar-refractivity contribution is 7.14. The lowest BCUT2D eigenvalue weighted by Gasteiger charge is -2.17. The van der Waals surface area contributed by atoms with Crippen LogP contribution in [0.5, 0.6) is 11.5 Å². The fraction of sp³-hybridized carbons (Fsp3) is 0.312. The number of methoxy groups -OCH3 is 2. The molecule has 1 aromatic heterocycles. The Kier molecular flexibility index (Phi) is 5.22. The summed E-state index contributed by atoms with van der Waals surface area (Å²) in [6, 6.07) is 7.84. The van der Waals surface area contributed by atoms with Gasteiger partial charge in [-0.3, -0.25) is 4.79 Å². The molecule has 0 aliphatic heterocycles. The second-order valence-electron chi connectivity index (χ2n) is 4.65. The van der Waals surface area contributed by atoms with Gasteiger partial charge in [0.25, 0.3) is 0 Å². The van der Waals surface area contributed by atoms with Crippen LogP contribution in [-0.2, 0) is 11.2 Å². The van der Waals surface area contributed by atoms with E-state index in [4.69, 9.17) is 9.47 Å². The zero-order chi connectivity index (χ0) is 15.2. The van der Waals surface area contributed by atoms with E-state index in [1.54, 1.807) is 30.5 Å².